The van der Waals surface area contributed by atoms with E-state index in [4.69, 9.17) is 0 Å². The van der Waals surface area contributed by atoms with Crippen molar-refractivity contribution in [1.82, 2.24) is 0 Å². The summed E-state index contributed by atoms with van der Waals surface area (Å²) in [7, 11) is -3.89. The summed E-state index contributed by atoms with van der Waals surface area (Å²) < 4.78 is 0. The van der Waals surface area contributed by atoms with Crippen LogP contribution in [0.25, 0.3) is 0 Å². The Labute approximate surface area is 223 Å². The van der Waals surface area contributed by atoms with Gasteiger partial charge in [-0.15, -0.1) is 0 Å². The van der Waals surface area contributed by atoms with Crippen molar-refractivity contribution < 1.29 is 0 Å². The van der Waals surface area contributed by atoms with Gasteiger partial charge in [0.25, 0.3) is 0 Å². The van der Waals surface area contributed by atoms with Crippen LogP contribution in [0, 0.1) is 5.41 Å². The van der Waals surface area contributed by atoms with Crippen molar-refractivity contribution in [3.8, 4) is 0 Å². The standard InChI is InChI=1S/C35H34P2/c1-35(2)27-36(29-17-7-3-8-18-29,30-19-9-4-10-20-30)33-25-15-16-26-34(33)37(28-35,31-21-11-5-12-22-31)32-23-13-6-14-24-32/h3-26H,27-28H2,1-2H3/q+2. The van der Waals surface area contributed by atoms with Gasteiger partial charge in [-0.05, 0) is 60.7 Å². The summed E-state index contributed by atoms with van der Waals surface area (Å²) in [5.74, 6) is 0. The molecule has 0 unspecified atom stereocenters. The third-order valence-electron chi connectivity index (χ3n) is 7.82. The number of rotatable bonds is 4. The molecule has 0 radical (unpaired) electrons. The first-order chi connectivity index (χ1) is 18.1. The van der Waals surface area contributed by atoms with E-state index in [1.165, 1.54) is 21.2 Å². The van der Waals surface area contributed by atoms with E-state index in [9.17, 15) is 0 Å². The van der Waals surface area contributed by atoms with Crippen molar-refractivity contribution in [2.24, 2.45) is 5.41 Å². The maximum absolute atomic E-state index is 2.53. The van der Waals surface area contributed by atoms with Crippen molar-refractivity contribution in [3.63, 3.8) is 0 Å². The second kappa shape index (κ2) is 9.68. The minimum Gasteiger partial charge on any atom is -0.0620 e. The summed E-state index contributed by atoms with van der Waals surface area (Å²) in [5.41, 5.74) is 0.123. The van der Waals surface area contributed by atoms with Crippen LogP contribution in [0.1, 0.15) is 13.8 Å². The van der Waals surface area contributed by atoms with Crippen molar-refractivity contribution >= 4 is 46.4 Å². The van der Waals surface area contributed by atoms with E-state index in [1.54, 1.807) is 10.6 Å². The number of fused-ring (bicyclic) bond motifs is 1. The van der Waals surface area contributed by atoms with Crippen molar-refractivity contribution in [1.29, 1.82) is 0 Å². The van der Waals surface area contributed by atoms with Crippen LogP contribution in [0.3, 0.4) is 0 Å². The average molecular weight is 517 g/mol. The smallest absolute Gasteiger partial charge is 0.0620 e. The molecule has 0 aliphatic carbocycles. The van der Waals surface area contributed by atoms with Gasteiger partial charge in [-0.2, -0.15) is 0 Å². The van der Waals surface area contributed by atoms with Gasteiger partial charge in [0.15, 0.2) is 0 Å². The van der Waals surface area contributed by atoms with E-state index >= 15 is 0 Å². The van der Waals surface area contributed by atoms with Gasteiger partial charge >= 0.3 is 0 Å². The second-order valence-corrected chi connectivity index (χ2v) is 17.8. The highest BCUT2D eigenvalue weighted by molar-refractivity contribution is 8.01. The third-order valence-corrected chi connectivity index (χ3v) is 17.8. The highest BCUT2D eigenvalue weighted by atomic mass is 31.2. The van der Waals surface area contributed by atoms with Gasteiger partial charge in [-0.1, -0.05) is 98.8 Å². The Kier molecular flexibility index (Phi) is 6.36. The summed E-state index contributed by atoms with van der Waals surface area (Å²) in [4.78, 5) is 0. The van der Waals surface area contributed by atoms with Gasteiger partial charge < -0.3 is 0 Å². The molecule has 2 heteroatoms. The van der Waals surface area contributed by atoms with E-state index in [2.05, 4.69) is 159 Å². The molecule has 0 atom stereocenters. The lowest BCUT2D eigenvalue weighted by molar-refractivity contribution is 0.486. The minimum atomic E-state index is -1.94. The summed E-state index contributed by atoms with van der Waals surface area (Å²) in [5, 5.41) is 9.09. The molecule has 0 saturated heterocycles. The van der Waals surface area contributed by atoms with Crippen LogP contribution < -0.4 is 31.8 Å². The Morgan fingerprint density at radius 1 is 0.378 bits per heavy atom. The van der Waals surface area contributed by atoms with Crippen molar-refractivity contribution in [2.45, 2.75) is 13.8 Å². The fraction of sp³-hybridized carbons (Fsp3) is 0.143. The Hall–Kier alpha value is -3.04. The summed E-state index contributed by atoms with van der Waals surface area (Å²) in [6, 6.07) is 55.2. The van der Waals surface area contributed by atoms with Crippen LogP contribution in [0.2, 0.25) is 0 Å². The van der Waals surface area contributed by atoms with Gasteiger partial charge in [0.2, 0.25) is 0 Å². The maximum Gasteiger partial charge on any atom is 0.147 e. The lowest BCUT2D eigenvalue weighted by Gasteiger charge is -2.32. The predicted octanol–water partition coefficient (Wildman–Crippen LogP) is 6.31. The topological polar surface area (TPSA) is 0 Å². The van der Waals surface area contributed by atoms with Crippen molar-refractivity contribution in [2.75, 3.05) is 12.3 Å². The molecule has 0 aromatic heterocycles. The fourth-order valence-corrected chi connectivity index (χ4v) is 17.7. The molecule has 37 heavy (non-hydrogen) atoms. The van der Waals surface area contributed by atoms with Gasteiger partial charge in [0, 0.05) is 5.41 Å². The summed E-state index contributed by atoms with van der Waals surface area (Å²) in [6.45, 7) is 5.06. The monoisotopic (exact) mass is 516 g/mol. The van der Waals surface area contributed by atoms with Crippen LogP contribution in [-0.4, -0.2) is 12.3 Å². The number of benzene rings is 5. The molecule has 0 spiro atoms. The quantitative estimate of drug-likeness (QED) is 0.246. The van der Waals surface area contributed by atoms with Crippen molar-refractivity contribution in [3.05, 3.63) is 146 Å². The molecule has 0 amide bonds. The first-order valence-corrected chi connectivity index (χ1v) is 17.1. The molecular formula is C35H34P2+2. The predicted molar refractivity (Wildman–Crippen MR) is 167 cm³/mol. The highest BCUT2D eigenvalue weighted by Crippen LogP contribution is 2.68. The van der Waals surface area contributed by atoms with E-state index in [0.717, 1.165) is 12.3 Å². The van der Waals surface area contributed by atoms with Gasteiger partial charge in [-0.3, -0.25) is 0 Å². The van der Waals surface area contributed by atoms with Gasteiger partial charge in [0.05, 0.1) is 12.3 Å². The molecule has 0 nitrogen and oxygen atoms in total. The first kappa shape index (κ1) is 24.3. The molecule has 5 aromatic rings. The molecule has 6 rings (SSSR count). The Morgan fingerprint density at radius 2 is 0.622 bits per heavy atom. The molecule has 0 N–H and O–H groups in total. The SMILES string of the molecule is CC1(C)C[P+](c2ccccc2)(c2ccccc2)c2ccccc2[P+](c2ccccc2)(c2ccccc2)C1. The van der Waals surface area contributed by atoms with Crippen LogP contribution in [0.4, 0.5) is 0 Å². The summed E-state index contributed by atoms with van der Waals surface area (Å²) in [6.07, 6.45) is 2.32. The zero-order valence-electron chi connectivity index (χ0n) is 21.7. The first-order valence-electron chi connectivity index (χ1n) is 13.2. The lowest BCUT2D eigenvalue weighted by atomic mass is 10.00. The lowest BCUT2D eigenvalue weighted by Crippen LogP contribution is -2.43. The molecule has 1 aliphatic heterocycles. The maximum atomic E-state index is 2.53. The van der Waals surface area contributed by atoms with E-state index in [0.29, 0.717) is 0 Å². The Bertz CT molecular complexity index is 1280. The third kappa shape index (κ3) is 4.08. The Morgan fingerprint density at radius 3 is 0.892 bits per heavy atom. The number of hydrogen-bond acceptors (Lipinski definition) is 0. The molecule has 1 heterocycles. The average Bonchev–Trinajstić information content (AvgIpc) is 3.06. The van der Waals surface area contributed by atoms with E-state index < -0.39 is 14.5 Å². The zero-order chi connectivity index (χ0) is 25.3. The molecular weight excluding hydrogens is 482 g/mol. The normalized spacial score (nSPS) is 17.4. The van der Waals surface area contributed by atoms with Gasteiger partial charge in [-0.25, -0.2) is 0 Å². The van der Waals surface area contributed by atoms with Crippen LogP contribution >= 0.6 is 14.5 Å². The molecule has 0 bridgehead atoms. The van der Waals surface area contributed by atoms with Crippen LogP contribution in [-0.2, 0) is 0 Å². The highest BCUT2D eigenvalue weighted by Gasteiger charge is 2.62. The molecule has 5 aromatic carbocycles. The van der Waals surface area contributed by atoms with Gasteiger partial charge in [0.1, 0.15) is 46.4 Å². The molecule has 0 saturated carbocycles. The van der Waals surface area contributed by atoms with Crippen LogP contribution in [0.5, 0.6) is 0 Å². The molecule has 1 aliphatic rings. The second-order valence-electron chi connectivity index (χ2n) is 10.9. The summed E-state index contributed by atoms with van der Waals surface area (Å²) >= 11 is 0. The van der Waals surface area contributed by atoms with Crippen LogP contribution in [0.15, 0.2) is 146 Å². The number of hydrogen-bond donors (Lipinski definition) is 0. The largest absolute Gasteiger partial charge is 0.147 e. The van der Waals surface area contributed by atoms with E-state index in [-0.39, 0.29) is 5.41 Å². The fourth-order valence-electron chi connectivity index (χ4n) is 6.56. The molecule has 0 fully saturated rings. The Balaban J connectivity index is 1.79. The molecule has 182 valence electrons. The minimum absolute atomic E-state index is 0.123. The van der Waals surface area contributed by atoms with E-state index in [1.807, 2.05) is 0 Å². The zero-order valence-corrected chi connectivity index (χ0v) is 23.5.